The van der Waals surface area contributed by atoms with Gasteiger partial charge in [-0.15, -0.1) is 0 Å². The molecule has 0 aromatic carbocycles. The molecule has 0 aromatic heterocycles. The van der Waals surface area contributed by atoms with Gasteiger partial charge in [-0.1, -0.05) is 33.1 Å². The summed E-state index contributed by atoms with van der Waals surface area (Å²) in [4.78, 5) is 2.65. The van der Waals surface area contributed by atoms with Crippen molar-refractivity contribution in [2.45, 2.75) is 91.6 Å². The minimum absolute atomic E-state index is 0.688. The largest absolute Gasteiger partial charge is 0.314 e. The fourth-order valence-corrected chi connectivity index (χ4v) is 2.45. The second-order valence-electron chi connectivity index (χ2n) is 6.19. The Labute approximate surface area is 122 Å². The van der Waals surface area contributed by atoms with Crippen molar-refractivity contribution in [2.24, 2.45) is 0 Å². The molecule has 0 spiro atoms. The first-order valence-electron chi connectivity index (χ1n) is 8.59. The van der Waals surface area contributed by atoms with Gasteiger partial charge in [0.1, 0.15) is 0 Å². The van der Waals surface area contributed by atoms with E-state index in [9.17, 15) is 0 Å². The quantitative estimate of drug-likeness (QED) is 0.498. The molecule has 0 rings (SSSR count). The fourth-order valence-electron chi connectivity index (χ4n) is 2.45. The lowest BCUT2D eigenvalue weighted by atomic mass is 10.1. The second kappa shape index (κ2) is 12.9. The van der Waals surface area contributed by atoms with Gasteiger partial charge >= 0.3 is 0 Å². The molecular weight excluding hydrogens is 232 g/mol. The molecule has 0 radical (unpaired) electrons. The van der Waals surface area contributed by atoms with Crippen molar-refractivity contribution in [3.63, 3.8) is 0 Å². The van der Waals surface area contributed by atoms with E-state index >= 15 is 0 Å². The average molecular weight is 271 g/mol. The molecule has 0 saturated heterocycles. The van der Waals surface area contributed by atoms with Crippen molar-refractivity contribution in [1.82, 2.24) is 10.2 Å². The Hall–Kier alpha value is -0.0800. The Balaban J connectivity index is 3.63. The van der Waals surface area contributed by atoms with Gasteiger partial charge < -0.3 is 10.2 Å². The van der Waals surface area contributed by atoms with Gasteiger partial charge in [-0.2, -0.15) is 0 Å². The molecule has 2 nitrogen and oxygen atoms in total. The van der Waals surface area contributed by atoms with E-state index in [0.717, 1.165) is 6.54 Å². The maximum absolute atomic E-state index is 3.57. The van der Waals surface area contributed by atoms with E-state index in [2.05, 4.69) is 44.8 Å². The summed E-state index contributed by atoms with van der Waals surface area (Å²) in [6.07, 6.45) is 9.33. The molecule has 19 heavy (non-hydrogen) atoms. The minimum atomic E-state index is 0.688. The van der Waals surface area contributed by atoms with E-state index in [1.54, 1.807) is 0 Å². The molecule has 0 amide bonds. The maximum Gasteiger partial charge on any atom is 0.00387 e. The Morgan fingerprint density at radius 3 is 2.00 bits per heavy atom. The first kappa shape index (κ1) is 18.9. The van der Waals surface area contributed by atoms with Crippen molar-refractivity contribution in [2.75, 3.05) is 19.6 Å². The molecule has 0 aliphatic carbocycles. The molecule has 0 aliphatic heterocycles. The monoisotopic (exact) mass is 270 g/mol. The summed E-state index contributed by atoms with van der Waals surface area (Å²) in [5.41, 5.74) is 0. The van der Waals surface area contributed by atoms with Crippen LogP contribution in [-0.2, 0) is 0 Å². The van der Waals surface area contributed by atoms with E-state index in [-0.39, 0.29) is 0 Å². The lowest BCUT2D eigenvalue weighted by molar-refractivity contribution is 0.211. The van der Waals surface area contributed by atoms with Crippen LogP contribution in [0.1, 0.15) is 79.6 Å². The highest BCUT2D eigenvalue weighted by atomic mass is 15.1. The second-order valence-corrected chi connectivity index (χ2v) is 6.19. The van der Waals surface area contributed by atoms with Crippen LogP contribution in [0.25, 0.3) is 0 Å². The van der Waals surface area contributed by atoms with Crippen LogP contribution in [0.15, 0.2) is 0 Å². The van der Waals surface area contributed by atoms with Crippen LogP contribution in [0.3, 0.4) is 0 Å². The van der Waals surface area contributed by atoms with Crippen LogP contribution >= 0.6 is 0 Å². The molecule has 1 N–H and O–H groups in total. The molecule has 116 valence electrons. The third-order valence-electron chi connectivity index (χ3n) is 3.85. The molecule has 0 saturated carbocycles. The van der Waals surface area contributed by atoms with E-state index < -0.39 is 0 Å². The van der Waals surface area contributed by atoms with Crippen LogP contribution in [0.2, 0.25) is 0 Å². The van der Waals surface area contributed by atoms with Gasteiger partial charge in [0.15, 0.2) is 0 Å². The maximum atomic E-state index is 3.57. The van der Waals surface area contributed by atoms with Crippen molar-refractivity contribution in [1.29, 1.82) is 0 Å². The molecular formula is C17H38N2. The standard InChI is InChI=1S/C17H38N2/c1-6-8-10-14-19(16(3)4)15-11-9-12-17(5)18-13-7-2/h16-18H,6-15H2,1-5H3. The SMILES string of the molecule is CCCCCN(CCCCC(C)NCCC)C(C)C. The molecule has 0 aliphatic rings. The van der Waals surface area contributed by atoms with Crippen LogP contribution < -0.4 is 5.32 Å². The lowest BCUT2D eigenvalue weighted by Gasteiger charge is -2.26. The summed E-state index contributed by atoms with van der Waals surface area (Å²) in [6.45, 7) is 15.2. The summed E-state index contributed by atoms with van der Waals surface area (Å²) in [5.74, 6) is 0. The third kappa shape index (κ3) is 11.4. The van der Waals surface area contributed by atoms with E-state index in [0.29, 0.717) is 12.1 Å². The summed E-state index contributed by atoms with van der Waals surface area (Å²) in [7, 11) is 0. The summed E-state index contributed by atoms with van der Waals surface area (Å²) in [5, 5.41) is 3.57. The van der Waals surface area contributed by atoms with Crippen molar-refractivity contribution in [3.05, 3.63) is 0 Å². The van der Waals surface area contributed by atoms with Gasteiger partial charge in [0, 0.05) is 12.1 Å². The Morgan fingerprint density at radius 2 is 1.47 bits per heavy atom. The summed E-state index contributed by atoms with van der Waals surface area (Å²) >= 11 is 0. The highest BCUT2D eigenvalue weighted by Gasteiger charge is 2.08. The van der Waals surface area contributed by atoms with E-state index in [1.807, 2.05) is 0 Å². The van der Waals surface area contributed by atoms with Gasteiger partial charge in [0.2, 0.25) is 0 Å². The van der Waals surface area contributed by atoms with E-state index in [1.165, 1.54) is 58.0 Å². The molecule has 0 aromatic rings. The molecule has 0 heterocycles. The van der Waals surface area contributed by atoms with Crippen molar-refractivity contribution >= 4 is 0 Å². The minimum Gasteiger partial charge on any atom is -0.314 e. The lowest BCUT2D eigenvalue weighted by Crippen LogP contribution is -2.33. The third-order valence-corrected chi connectivity index (χ3v) is 3.85. The van der Waals surface area contributed by atoms with Gasteiger partial charge in [0.25, 0.3) is 0 Å². The zero-order valence-electron chi connectivity index (χ0n) is 14.2. The average Bonchev–Trinajstić information content (AvgIpc) is 2.38. The van der Waals surface area contributed by atoms with Gasteiger partial charge in [0.05, 0.1) is 0 Å². The summed E-state index contributed by atoms with van der Waals surface area (Å²) in [6, 6.07) is 1.39. The first-order valence-corrected chi connectivity index (χ1v) is 8.59. The Bertz CT molecular complexity index is 180. The molecule has 0 bridgehead atoms. The smallest absolute Gasteiger partial charge is 0.00387 e. The number of unbranched alkanes of at least 4 members (excludes halogenated alkanes) is 3. The molecule has 1 unspecified atom stereocenters. The topological polar surface area (TPSA) is 15.3 Å². The van der Waals surface area contributed by atoms with Crippen LogP contribution in [0.4, 0.5) is 0 Å². The number of hydrogen-bond donors (Lipinski definition) is 1. The Morgan fingerprint density at radius 1 is 0.842 bits per heavy atom. The predicted octanol–water partition coefficient (Wildman–Crippen LogP) is 4.45. The van der Waals surface area contributed by atoms with Crippen LogP contribution in [0.5, 0.6) is 0 Å². The number of rotatable bonds is 13. The first-order chi connectivity index (χ1) is 9.11. The van der Waals surface area contributed by atoms with Gasteiger partial charge in [-0.05, 0) is 66.1 Å². The van der Waals surface area contributed by atoms with Gasteiger partial charge in [-0.25, -0.2) is 0 Å². The zero-order chi connectivity index (χ0) is 14.5. The molecule has 0 fully saturated rings. The van der Waals surface area contributed by atoms with E-state index in [4.69, 9.17) is 0 Å². The zero-order valence-corrected chi connectivity index (χ0v) is 14.2. The molecule has 2 heteroatoms. The fraction of sp³-hybridized carbons (Fsp3) is 1.00. The number of nitrogens with zero attached hydrogens (tertiary/aromatic N) is 1. The number of hydrogen-bond acceptors (Lipinski definition) is 2. The number of nitrogens with one attached hydrogen (secondary N) is 1. The Kier molecular flexibility index (Phi) is 12.9. The van der Waals surface area contributed by atoms with Crippen LogP contribution in [-0.4, -0.2) is 36.6 Å². The van der Waals surface area contributed by atoms with Crippen molar-refractivity contribution in [3.8, 4) is 0 Å². The normalized spacial score (nSPS) is 13.4. The van der Waals surface area contributed by atoms with Crippen molar-refractivity contribution < 1.29 is 0 Å². The summed E-state index contributed by atoms with van der Waals surface area (Å²) < 4.78 is 0. The predicted molar refractivity (Wildman–Crippen MR) is 87.8 cm³/mol. The molecule has 1 atom stereocenters. The van der Waals surface area contributed by atoms with Gasteiger partial charge in [-0.3, -0.25) is 0 Å². The van der Waals surface area contributed by atoms with Crippen LogP contribution in [0, 0.1) is 0 Å². The highest BCUT2D eigenvalue weighted by molar-refractivity contribution is 4.65. The highest BCUT2D eigenvalue weighted by Crippen LogP contribution is 2.07.